The second-order valence-electron chi connectivity index (χ2n) is 7.04. The number of aliphatic hydroxyl groups is 1. The molecule has 2 aromatic rings. The number of rotatable bonds is 4. The lowest BCUT2D eigenvalue weighted by atomic mass is 9.84. The Balaban J connectivity index is 1.45. The molecule has 0 unspecified atom stereocenters. The smallest absolute Gasteiger partial charge is 0.325 e. The molecule has 1 saturated heterocycles. The van der Waals surface area contributed by atoms with Crippen LogP contribution in [0.25, 0.3) is 0 Å². The number of nitrogens with zero attached hydrogens (tertiary/aromatic N) is 1. The van der Waals surface area contributed by atoms with Gasteiger partial charge in [0.15, 0.2) is 0 Å². The van der Waals surface area contributed by atoms with Crippen molar-refractivity contribution in [1.29, 1.82) is 0 Å². The van der Waals surface area contributed by atoms with Gasteiger partial charge in [0.1, 0.15) is 0 Å². The molecule has 3 N–H and O–H groups in total. The summed E-state index contributed by atoms with van der Waals surface area (Å²) in [6.07, 6.45) is 1.11. The highest BCUT2D eigenvalue weighted by Gasteiger charge is 2.34. The summed E-state index contributed by atoms with van der Waals surface area (Å²) < 4.78 is 0. The van der Waals surface area contributed by atoms with Crippen molar-refractivity contribution >= 4 is 17.6 Å². The molecule has 0 atom stereocenters. The molecule has 142 valence electrons. The molecule has 0 radical (unpaired) electrons. The normalized spacial score (nSPS) is 16.5. The van der Waals surface area contributed by atoms with E-state index in [4.69, 9.17) is 0 Å². The van der Waals surface area contributed by atoms with E-state index in [0.29, 0.717) is 31.6 Å². The van der Waals surface area contributed by atoms with Crippen molar-refractivity contribution in [2.24, 2.45) is 0 Å². The van der Waals surface area contributed by atoms with Gasteiger partial charge in [0.2, 0.25) is 5.91 Å². The van der Waals surface area contributed by atoms with Gasteiger partial charge in [-0.15, -0.1) is 0 Å². The van der Waals surface area contributed by atoms with Crippen molar-refractivity contribution in [2.75, 3.05) is 25.0 Å². The molecule has 0 aliphatic carbocycles. The van der Waals surface area contributed by atoms with E-state index in [1.165, 1.54) is 0 Å². The van der Waals surface area contributed by atoms with Gasteiger partial charge in [0.25, 0.3) is 0 Å². The number of amides is 3. The number of hydrogen-bond donors (Lipinski definition) is 3. The number of urea groups is 1. The van der Waals surface area contributed by atoms with E-state index in [0.717, 1.165) is 11.1 Å². The number of imide groups is 1. The molecule has 3 amide bonds. The van der Waals surface area contributed by atoms with Crippen molar-refractivity contribution in [2.45, 2.75) is 25.4 Å². The van der Waals surface area contributed by atoms with Crippen LogP contribution in [0.4, 0.5) is 10.5 Å². The number of hydrogen-bond acceptors (Lipinski definition) is 4. The van der Waals surface area contributed by atoms with E-state index in [-0.39, 0.29) is 12.5 Å². The predicted octanol–water partition coefficient (Wildman–Crippen LogP) is 2.63. The number of aryl methyl sites for hydroxylation is 1. The molecule has 27 heavy (non-hydrogen) atoms. The van der Waals surface area contributed by atoms with Crippen LogP contribution in [0.2, 0.25) is 0 Å². The van der Waals surface area contributed by atoms with Gasteiger partial charge in [-0.1, -0.05) is 48.0 Å². The minimum absolute atomic E-state index is 0.131. The highest BCUT2D eigenvalue weighted by Crippen LogP contribution is 2.32. The Kier molecular flexibility index (Phi) is 5.88. The van der Waals surface area contributed by atoms with Crippen molar-refractivity contribution in [3.8, 4) is 0 Å². The number of nitrogens with one attached hydrogen (secondary N) is 2. The number of benzene rings is 2. The first-order valence-corrected chi connectivity index (χ1v) is 9.12. The van der Waals surface area contributed by atoms with Crippen molar-refractivity contribution < 1.29 is 14.7 Å². The van der Waals surface area contributed by atoms with Crippen LogP contribution in [-0.4, -0.2) is 41.6 Å². The van der Waals surface area contributed by atoms with E-state index in [1.54, 1.807) is 12.1 Å². The van der Waals surface area contributed by atoms with Crippen LogP contribution in [0.1, 0.15) is 24.0 Å². The zero-order chi connectivity index (χ0) is 19.3. The zero-order valence-corrected chi connectivity index (χ0v) is 15.4. The Bertz CT molecular complexity index is 782. The second kappa shape index (κ2) is 8.33. The van der Waals surface area contributed by atoms with E-state index in [1.807, 2.05) is 54.3 Å². The quantitative estimate of drug-likeness (QED) is 0.776. The van der Waals surface area contributed by atoms with Crippen molar-refractivity contribution in [3.63, 3.8) is 0 Å². The fourth-order valence-corrected chi connectivity index (χ4v) is 3.29. The molecule has 0 aromatic heterocycles. The summed E-state index contributed by atoms with van der Waals surface area (Å²) in [7, 11) is 0. The molecule has 6 nitrogen and oxygen atoms in total. The van der Waals surface area contributed by atoms with Crippen LogP contribution in [0.15, 0.2) is 54.6 Å². The number of carbonyl (C=O) groups is 2. The van der Waals surface area contributed by atoms with Crippen molar-refractivity contribution in [3.05, 3.63) is 65.7 Å². The predicted molar refractivity (Wildman–Crippen MR) is 104 cm³/mol. The third-order valence-corrected chi connectivity index (χ3v) is 4.92. The molecule has 0 bridgehead atoms. The van der Waals surface area contributed by atoms with Gasteiger partial charge in [0, 0.05) is 18.8 Å². The number of anilines is 1. The minimum Gasteiger partial charge on any atom is -0.385 e. The SMILES string of the molecule is Cc1ccc(NC(=O)NC(=O)CN2CCC(O)(c3ccccc3)CC2)cc1. The Hall–Kier alpha value is -2.70. The second-order valence-corrected chi connectivity index (χ2v) is 7.04. The molecule has 1 aliphatic rings. The average molecular weight is 367 g/mol. The van der Waals surface area contributed by atoms with Gasteiger partial charge in [-0.25, -0.2) is 4.79 Å². The first-order valence-electron chi connectivity index (χ1n) is 9.12. The molecule has 0 spiro atoms. The lowest BCUT2D eigenvalue weighted by molar-refractivity contribution is -0.122. The van der Waals surface area contributed by atoms with Crippen LogP contribution >= 0.6 is 0 Å². The minimum atomic E-state index is -0.850. The van der Waals surface area contributed by atoms with Gasteiger partial charge in [0.05, 0.1) is 12.1 Å². The van der Waals surface area contributed by atoms with E-state index < -0.39 is 11.6 Å². The summed E-state index contributed by atoms with van der Waals surface area (Å²) >= 11 is 0. The van der Waals surface area contributed by atoms with Crippen LogP contribution in [-0.2, 0) is 10.4 Å². The molecule has 2 aromatic carbocycles. The van der Waals surface area contributed by atoms with Gasteiger partial charge >= 0.3 is 6.03 Å². The van der Waals surface area contributed by atoms with Gasteiger partial charge in [-0.05, 0) is 37.5 Å². The summed E-state index contributed by atoms with van der Waals surface area (Å²) in [6, 6.07) is 16.4. The third-order valence-electron chi connectivity index (χ3n) is 4.92. The monoisotopic (exact) mass is 367 g/mol. The summed E-state index contributed by atoms with van der Waals surface area (Å²) in [4.78, 5) is 26.0. The summed E-state index contributed by atoms with van der Waals surface area (Å²) in [5.74, 6) is -0.357. The summed E-state index contributed by atoms with van der Waals surface area (Å²) in [5, 5.41) is 15.8. The fraction of sp³-hybridized carbons (Fsp3) is 0.333. The van der Waals surface area contributed by atoms with Crippen LogP contribution in [0.5, 0.6) is 0 Å². The molecule has 1 fully saturated rings. The van der Waals surface area contributed by atoms with E-state index in [2.05, 4.69) is 10.6 Å². The highest BCUT2D eigenvalue weighted by molar-refractivity contribution is 6.01. The first kappa shape index (κ1) is 19.1. The topological polar surface area (TPSA) is 81.7 Å². The molecule has 1 heterocycles. The Morgan fingerprint density at radius 2 is 1.67 bits per heavy atom. The maximum Gasteiger partial charge on any atom is 0.325 e. The Labute approximate surface area is 159 Å². The highest BCUT2D eigenvalue weighted by atomic mass is 16.3. The summed E-state index contributed by atoms with van der Waals surface area (Å²) in [6.45, 7) is 3.29. The number of piperidine rings is 1. The maximum atomic E-state index is 12.1. The molecule has 0 saturated carbocycles. The lowest BCUT2D eigenvalue weighted by Gasteiger charge is -2.38. The summed E-state index contributed by atoms with van der Waals surface area (Å²) in [5.41, 5.74) is 1.79. The molecule has 1 aliphatic heterocycles. The fourth-order valence-electron chi connectivity index (χ4n) is 3.29. The number of likely N-dealkylation sites (tertiary alicyclic amines) is 1. The van der Waals surface area contributed by atoms with Crippen LogP contribution < -0.4 is 10.6 Å². The average Bonchev–Trinajstić information content (AvgIpc) is 2.66. The van der Waals surface area contributed by atoms with Crippen LogP contribution in [0.3, 0.4) is 0 Å². The van der Waals surface area contributed by atoms with E-state index >= 15 is 0 Å². The standard InChI is InChI=1S/C21H25N3O3/c1-16-7-9-18(10-8-16)22-20(26)23-19(25)15-24-13-11-21(27,12-14-24)17-5-3-2-4-6-17/h2-10,27H,11-15H2,1H3,(H2,22,23,25,26). The molecular weight excluding hydrogens is 342 g/mol. The molecule has 6 heteroatoms. The third kappa shape index (κ3) is 5.15. The molecule has 3 rings (SSSR count). The lowest BCUT2D eigenvalue weighted by Crippen LogP contribution is -2.47. The van der Waals surface area contributed by atoms with Crippen LogP contribution in [0, 0.1) is 6.92 Å². The molecular formula is C21H25N3O3. The zero-order valence-electron chi connectivity index (χ0n) is 15.4. The number of carbonyl (C=O) groups excluding carboxylic acids is 2. The Morgan fingerprint density at radius 3 is 2.30 bits per heavy atom. The van der Waals surface area contributed by atoms with E-state index in [9.17, 15) is 14.7 Å². The van der Waals surface area contributed by atoms with Crippen molar-refractivity contribution in [1.82, 2.24) is 10.2 Å². The van der Waals surface area contributed by atoms with Gasteiger partial charge in [-0.2, -0.15) is 0 Å². The van der Waals surface area contributed by atoms with Gasteiger partial charge < -0.3 is 10.4 Å². The maximum absolute atomic E-state index is 12.1. The largest absolute Gasteiger partial charge is 0.385 e. The first-order chi connectivity index (χ1) is 12.9. The Morgan fingerprint density at radius 1 is 1.04 bits per heavy atom. The van der Waals surface area contributed by atoms with Gasteiger partial charge in [-0.3, -0.25) is 15.0 Å².